The lowest BCUT2D eigenvalue weighted by Crippen LogP contribution is -2.31. The first-order valence-corrected chi connectivity index (χ1v) is 15.3. The molecule has 0 fully saturated rings. The molecule has 7 heteroatoms. The second kappa shape index (κ2) is 13.7. The topological polar surface area (TPSA) is 66.0 Å². The number of fused-ring (bicyclic) bond motifs is 2. The highest BCUT2D eigenvalue weighted by atomic mass is 16.5. The summed E-state index contributed by atoms with van der Waals surface area (Å²) in [5.74, 6) is 0.181. The average molecular weight is 571 g/mol. The van der Waals surface area contributed by atoms with E-state index < -0.39 is 5.97 Å². The van der Waals surface area contributed by atoms with Crippen molar-refractivity contribution >= 4 is 28.5 Å². The number of carbonyl (C=O) groups excluding carboxylic acids is 2. The molecule has 0 spiro atoms. The van der Waals surface area contributed by atoms with Crippen LogP contribution in [-0.4, -0.2) is 62.7 Å². The van der Waals surface area contributed by atoms with Crippen molar-refractivity contribution < 1.29 is 18.7 Å². The summed E-state index contributed by atoms with van der Waals surface area (Å²) in [5.41, 5.74) is 5.24. The molecule has 2 aromatic rings. The number of ether oxygens (including phenoxy) is 1. The van der Waals surface area contributed by atoms with Crippen molar-refractivity contribution in [2.75, 3.05) is 50.8 Å². The van der Waals surface area contributed by atoms with E-state index in [1.165, 1.54) is 0 Å². The van der Waals surface area contributed by atoms with Gasteiger partial charge in [-0.2, -0.15) is 0 Å². The van der Waals surface area contributed by atoms with Gasteiger partial charge in [-0.1, -0.05) is 6.07 Å². The molecule has 1 aliphatic heterocycles. The largest absolute Gasteiger partial charge is 0.462 e. The molecule has 222 valence electrons. The number of benzene rings is 3. The van der Waals surface area contributed by atoms with E-state index in [1.54, 1.807) is 24.0 Å². The quantitative estimate of drug-likeness (QED) is 0.117. The maximum absolute atomic E-state index is 14.0. The molecule has 0 N–H and O–H groups in total. The van der Waals surface area contributed by atoms with Gasteiger partial charge in [-0.3, -0.25) is 4.79 Å². The number of hydrogen-bond donors (Lipinski definition) is 0. The summed E-state index contributed by atoms with van der Waals surface area (Å²) in [4.78, 5) is 30.8. The van der Waals surface area contributed by atoms with Gasteiger partial charge < -0.3 is 19.0 Å². The lowest BCUT2D eigenvalue weighted by Gasteiger charge is -2.24. The van der Waals surface area contributed by atoms with Gasteiger partial charge in [0.2, 0.25) is 5.36 Å². The molecule has 0 unspecified atom stereocenters. The Hall–Kier alpha value is -4.13. The smallest absolute Gasteiger partial charge is 0.338 e. The highest BCUT2D eigenvalue weighted by Gasteiger charge is 2.26. The Morgan fingerprint density at radius 2 is 1.48 bits per heavy atom. The first-order valence-electron chi connectivity index (χ1n) is 15.3. The van der Waals surface area contributed by atoms with Crippen LogP contribution in [0.25, 0.3) is 33.4 Å². The Bertz CT molecular complexity index is 1610. The fourth-order valence-corrected chi connectivity index (χ4v) is 5.69. The van der Waals surface area contributed by atoms with E-state index in [-0.39, 0.29) is 12.5 Å². The molecule has 1 heterocycles. The summed E-state index contributed by atoms with van der Waals surface area (Å²) in [6.07, 6.45) is 0. The molecule has 0 saturated carbocycles. The van der Waals surface area contributed by atoms with E-state index in [0.717, 1.165) is 70.6 Å². The van der Waals surface area contributed by atoms with E-state index in [4.69, 9.17) is 9.15 Å². The van der Waals surface area contributed by atoms with Crippen molar-refractivity contribution in [3.05, 3.63) is 71.1 Å². The van der Waals surface area contributed by atoms with E-state index in [0.29, 0.717) is 24.2 Å². The number of amides is 1. The minimum Gasteiger partial charge on any atom is -0.462 e. The summed E-state index contributed by atoms with van der Waals surface area (Å²) in [6, 6.07) is 17.9. The summed E-state index contributed by atoms with van der Waals surface area (Å²) in [5, 5.41) is 1.99. The monoisotopic (exact) mass is 570 g/mol. The van der Waals surface area contributed by atoms with Crippen molar-refractivity contribution in [2.24, 2.45) is 0 Å². The molecule has 0 radical (unpaired) electrons. The van der Waals surface area contributed by atoms with Gasteiger partial charge in [0, 0.05) is 66.1 Å². The van der Waals surface area contributed by atoms with Crippen molar-refractivity contribution in [1.82, 2.24) is 9.48 Å². The van der Waals surface area contributed by atoms with Crippen LogP contribution in [0.4, 0.5) is 5.69 Å². The highest BCUT2D eigenvalue weighted by Crippen LogP contribution is 2.42. The van der Waals surface area contributed by atoms with Crippen molar-refractivity contribution in [3.8, 4) is 22.5 Å². The van der Waals surface area contributed by atoms with Crippen LogP contribution in [0.15, 0.2) is 59.0 Å². The number of anilines is 1. The average Bonchev–Trinajstić information content (AvgIpc) is 3.01. The van der Waals surface area contributed by atoms with Crippen LogP contribution in [0.3, 0.4) is 0 Å². The van der Waals surface area contributed by atoms with E-state index >= 15 is 0 Å². The third-order valence-corrected chi connectivity index (χ3v) is 8.03. The van der Waals surface area contributed by atoms with Gasteiger partial charge >= 0.3 is 5.97 Å². The number of hydrogen-bond acceptors (Lipinski definition) is 5. The van der Waals surface area contributed by atoms with Crippen LogP contribution >= 0.6 is 0 Å². The van der Waals surface area contributed by atoms with E-state index in [9.17, 15) is 9.59 Å². The predicted molar refractivity (Wildman–Crippen MR) is 171 cm³/mol. The van der Waals surface area contributed by atoms with Gasteiger partial charge in [0.1, 0.15) is 24.4 Å². The number of nitrogens with zero attached hydrogens (tertiary/aromatic N) is 3. The minimum absolute atomic E-state index is 0.122. The van der Waals surface area contributed by atoms with Crippen LogP contribution in [-0.2, 0) is 4.74 Å². The number of esters is 1. The van der Waals surface area contributed by atoms with Crippen molar-refractivity contribution in [2.45, 2.75) is 48.5 Å². The Morgan fingerprint density at radius 3 is 2.10 bits per heavy atom. The fourth-order valence-electron chi connectivity index (χ4n) is 5.69. The van der Waals surface area contributed by atoms with Crippen molar-refractivity contribution in [3.63, 3.8) is 0 Å². The first-order chi connectivity index (χ1) is 20.3. The van der Waals surface area contributed by atoms with Gasteiger partial charge in [-0.05, 0) is 84.4 Å². The van der Waals surface area contributed by atoms with Crippen molar-refractivity contribution in [1.29, 1.82) is 0 Å². The standard InChI is InChI=1S/C35H44N3O4/c1-8-36(9-2)25-16-19-28-31(22-25)42-32-23-26(37(10-3)11-4)17-20-29(32)33(28)27-18-15-24(35(40)41-14-7)21-30(27)34(39)38(12-5)13-6/h15-23H,8-14H2,1-7H3/q+1. The molecule has 7 nitrogen and oxygen atoms in total. The van der Waals surface area contributed by atoms with Gasteiger partial charge in [0.05, 0.1) is 18.2 Å². The fraction of sp³-hybridized carbons (Fsp3) is 0.400. The molecule has 0 atom stereocenters. The third kappa shape index (κ3) is 5.91. The van der Waals surface area contributed by atoms with Gasteiger partial charge in [-0.25, -0.2) is 9.37 Å². The molecule has 42 heavy (non-hydrogen) atoms. The highest BCUT2D eigenvalue weighted by molar-refractivity contribution is 6.10. The predicted octanol–water partition coefficient (Wildman–Crippen LogP) is 6.52. The second-order valence-corrected chi connectivity index (χ2v) is 10.1. The van der Waals surface area contributed by atoms with E-state index in [2.05, 4.69) is 73.6 Å². The maximum atomic E-state index is 14.0. The van der Waals surface area contributed by atoms with E-state index in [1.807, 2.05) is 19.9 Å². The maximum Gasteiger partial charge on any atom is 0.338 e. The molecule has 0 bridgehead atoms. The van der Waals surface area contributed by atoms with Crippen LogP contribution in [0.2, 0.25) is 0 Å². The zero-order chi connectivity index (χ0) is 30.4. The van der Waals surface area contributed by atoms with Gasteiger partial charge in [-0.15, -0.1) is 0 Å². The lowest BCUT2D eigenvalue weighted by atomic mass is 9.89. The Kier molecular flexibility index (Phi) is 10.0. The Morgan fingerprint density at radius 1 is 0.786 bits per heavy atom. The van der Waals surface area contributed by atoms with Crippen LogP contribution in [0.1, 0.15) is 69.2 Å². The third-order valence-electron chi connectivity index (χ3n) is 8.03. The molecule has 0 aromatic heterocycles. The molecule has 0 saturated heterocycles. The number of carbonyl (C=O) groups is 2. The molecule has 2 aromatic carbocycles. The van der Waals surface area contributed by atoms with Gasteiger partial charge in [0.15, 0.2) is 0 Å². The van der Waals surface area contributed by atoms with Crippen LogP contribution in [0.5, 0.6) is 0 Å². The van der Waals surface area contributed by atoms with Gasteiger partial charge in [0.25, 0.3) is 5.91 Å². The van der Waals surface area contributed by atoms with Crippen LogP contribution < -0.4 is 14.8 Å². The Labute approximate surface area is 249 Å². The molecular weight excluding hydrogens is 526 g/mol. The first kappa shape index (κ1) is 30.8. The lowest BCUT2D eigenvalue weighted by molar-refractivity contribution is 0.0526. The summed E-state index contributed by atoms with van der Waals surface area (Å²) < 4.78 is 14.2. The Balaban J connectivity index is 2.13. The van der Waals surface area contributed by atoms with Crippen LogP contribution in [0, 0.1) is 0 Å². The molecule has 4 rings (SSSR count). The second-order valence-electron chi connectivity index (χ2n) is 10.1. The zero-order valence-electron chi connectivity index (χ0n) is 26.1. The number of rotatable bonds is 11. The summed E-state index contributed by atoms with van der Waals surface area (Å²) in [7, 11) is 0. The SMILES string of the molecule is CCOC(=O)c1ccc(-c2c3ccc(=[N+](CC)CC)cc-3oc3cc(N(CC)CC)ccc23)c(C(=O)N(CC)CC)c1. The molecule has 1 amide bonds. The molecular formula is C35H44N3O4+. The molecule has 1 aliphatic carbocycles. The normalized spacial score (nSPS) is 11.1. The minimum atomic E-state index is -0.442. The summed E-state index contributed by atoms with van der Waals surface area (Å²) in [6.45, 7) is 19.2. The zero-order valence-corrected chi connectivity index (χ0v) is 26.1. The summed E-state index contributed by atoms with van der Waals surface area (Å²) >= 11 is 0. The molecule has 2 aliphatic rings.